The second-order valence-corrected chi connectivity index (χ2v) is 7.73. The highest BCUT2D eigenvalue weighted by Crippen LogP contribution is 2.31. The fourth-order valence-corrected chi connectivity index (χ4v) is 3.36. The molecule has 0 fully saturated rings. The molecule has 1 N–H and O–H groups in total. The number of benzene rings is 3. The van der Waals surface area contributed by atoms with Crippen molar-refractivity contribution in [3.8, 4) is 6.07 Å². The number of nitriles is 1. The number of halogens is 5. The molecule has 0 aromatic heterocycles. The van der Waals surface area contributed by atoms with Crippen LogP contribution in [0.1, 0.15) is 22.3 Å². The number of alkyl halides is 3. The molecule has 0 spiro atoms. The minimum atomic E-state index is -4.56. The number of amides is 1. The Morgan fingerprint density at radius 1 is 1.03 bits per heavy atom. The number of nitrogens with zero attached hydrogens (tertiary/aromatic N) is 1. The maximum Gasteiger partial charge on any atom is 0.416 e. The average Bonchev–Trinajstić information content (AvgIpc) is 2.74. The van der Waals surface area contributed by atoms with Crippen molar-refractivity contribution in [1.29, 1.82) is 5.26 Å². The van der Waals surface area contributed by atoms with E-state index in [0.717, 1.165) is 18.2 Å². The summed E-state index contributed by atoms with van der Waals surface area (Å²) in [5.41, 5.74) is 0.284. The Bertz CT molecular complexity index is 1230. The Hall–Kier alpha value is -3.44. The zero-order chi connectivity index (χ0) is 23.3. The third-order valence-corrected chi connectivity index (χ3v) is 5.05. The lowest BCUT2D eigenvalue weighted by atomic mass is 9.98. The van der Waals surface area contributed by atoms with Gasteiger partial charge in [0.15, 0.2) is 0 Å². The van der Waals surface area contributed by atoms with Gasteiger partial charge in [0.05, 0.1) is 5.56 Å². The highest BCUT2D eigenvalue weighted by Gasteiger charge is 2.30. The molecule has 0 bridgehead atoms. The van der Waals surface area contributed by atoms with Crippen LogP contribution in [-0.4, -0.2) is 5.91 Å². The molecule has 1 amide bonds. The van der Waals surface area contributed by atoms with Crippen LogP contribution in [0.2, 0.25) is 0 Å². The van der Waals surface area contributed by atoms with Crippen LogP contribution in [0.25, 0.3) is 6.08 Å². The number of anilines is 1. The van der Waals surface area contributed by atoms with Gasteiger partial charge in [0, 0.05) is 16.6 Å². The van der Waals surface area contributed by atoms with E-state index in [1.165, 1.54) is 18.2 Å². The molecule has 0 radical (unpaired) electrons. The lowest BCUT2D eigenvalue weighted by Gasteiger charge is -2.11. The summed E-state index contributed by atoms with van der Waals surface area (Å²) in [7, 11) is 0. The van der Waals surface area contributed by atoms with E-state index in [9.17, 15) is 27.6 Å². The molecule has 0 aliphatic carbocycles. The first-order valence-electron chi connectivity index (χ1n) is 9.29. The number of nitrogens with one attached hydrogen (secondary N) is 1. The Balaban J connectivity index is 1.91. The number of carbonyl (C=O) groups is 1. The summed E-state index contributed by atoms with van der Waals surface area (Å²) in [5, 5.41) is 11.8. The molecule has 0 saturated carbocycles. The molecule has 0 heterocycles. The van der Waals surface area contributed by atoms with Gasteiger partial charge in [-0.15, -0.1) is 0 Å². The number of hydrogen-bond acceptors (Lipinski definition) is 2. The molecule has 0 atom stereocenters. The summed E-state index contributed by atoms with van der Waals surface area (Å²) in [6.45, 7) is 0. The number of carbonyl (C=O) groups excluding carboxylic acids is 1. The maximum atomic E-state index is 14.1. The first-order valence-corrected chi connectivity index (χ1v) is 10.1. The van der Waals surface area contributed by atoms with Crippen LogP contribution in [0, 0.1) is 17.1 Å². The predicted molar refractivity (Wildman–Crippen MR) is 117 cm³/mol. The lowest BCUT2D eigenvalue weighted by molar-refractivity contribution is -0.137. The third-order valence-electron chi connectivity index (χ3n) is 4.56. The second kappa shape index (κ2) is 9.79. The first-order chi connectivity index (χ1) is 15.2. The van der Waals surface area contributed by atoms with Crippen LogP contribution in [0.3, 0.4) is 0 Å². The highest BCUT2D eigenvalue weighted by molar-refractivity contribution is 9.10. The number of rotatable bonds is 5. The summed E-state index contributed by atoms with van der Waals surface area (Å²) in [6.07, 6.45) is -3.02. The van der Waals surface area contributed by atoms with E-state index in [0.29, 0.717) is 21.2 Å². The summed E-state index contributed by atoms with van der Waals surface area (Å²) in [6, 6.07) is 17.3. The zero-order valence-corrected chi connectivity index (χ0v) is 18.0. The topological polar surface area (TPSA) is 52.9 Å². The Kier molecular flexibility index (Phi) is 7.11. The standard InChI is InChI=1S/C24H15BrF4N2O/c25-20-9-8-15(10-16-4-1-2-7-22(16)26)17(12-20)11-18(14-30)23(32)31-21-6-3-5-19(13-21)24(27,28)29/h1-9,11-13H,10H2,(H,31,32)/b18-11+. The van der Waals surface area contributed by atoms with E-state index >= 15 is 0 Å². The van der Waals surface area contributed by atoms with Gasteiger partial charge in [-0.3, -0.25) is 4.79 Å². The van der Waals surface area contributed by atoms with Crippen molar-refractivity contribution in [2.24, 2.45) is 0 Å². The van der Waals surface area contributed by atoms with Gasteiger partial charge >= 0.3 is 6.18 Å². The lowest BCUT2D eigenvalue weighted by Crippen LogP contribution is -2.14. The summed E-state index contributed by atoms with van der Waals surface area (Å²) < 4.78 is 53.5. The van der Waals surface area contributed by atoms with Gasteiger partial charge in [-0.1, -0.05) is 46.3 Å². The predicted octanol–water partition coefficient (Wildman–Crippen LogP) is 6.74. The van der Waals surface area contributed by atoms with Crippen LogP contribution in [0.5, 0.6) is 0 Å². The SMILES string of the molecule is N#C/C(=C\c1cc(Br)ccc1Cc1ccccc1F)C(=O)Nc1cccc(C(F)(F)F)c1. The van der Waals surface area contributed by atoms with Crippen LogP contribution < -0.4 is 5.32 Å². The quantitative estimate of drug-likeness (QED) is 0.238. The summed E-state index contributed by atoms with van der Waals surface area (Å²) >= 11 is 3.33. The zero-order valence-electron chi connectivity index (χ0n) is 16.4. The molecule has 3 aromatic rings. The molecule has 3 aromatic carbocycles. The molecule has 3 nitrogen and oxygen atoms in total. The molecular weight excluding hydrogens is 488 g/mol. The molecule has 0 unspecified atom stereocenters. The first kappa shape index (κ1) is 23.2. The van der Waals surface area contributed by atoms with E-state index < -0.39 is 17.6 Å². The van der Waals surface area contributed by atoms with E-state index in [-0.39, 0.29) is 23.5 Å². The van der Waals surface area contributed by atoms with Gasteiger partial charge in [0.2, 0.25) is 0 Å². The molecule has 0 aliphatic rings. The highest BCUT2D eigenvalue weighted by atomic mass is 79.9. The Morgan fingerprint density at radius 2 is 1.78 bits per heavy atom. The average molecular weight is 503 g/mol. The molecule has 32 heavy (non-hydrogen) atoms. The summed E-state index contributed by atoms with van der Waals surface area (Å²) in [5.74, 6) is -1.24. The van der Waals surface area contributed by atoms with Crippen molar-refractivity contribution >= 4 is 33.6 Å². The van der Waals surface area contributed by atoms with Gasteiger partial charge in [0.25, 0.3) is 5.91 Å². The van der Waals surface area contributed by atoms with Gasteiger partial charge in [-0.05, 0) is 59.2 Å². The van der Waals surface area contributed by atoms with Crippen molar-refractivity contribution in [2.45, 2.75) is 12.6 Å². The Morgan fingerprint density at radius 3 is 2.47 bits per heavy atom. The maximum absolute atomic E-state index is 14.1. The van der Waals surface area contributed by atoms with Crippen LogP contribution in [0.4, 0.5) is 23.2 Å². The van der Waals surface area contributed by atoms with E-state index in [1.807, 2.05) is 0 Å². The van der Waals surface area contributed by atoms with Crippen LogP contribution >= 0.6 is 15.9 Å². The largest absolute Gasteiger partial charge is 0.416 e. The fourth-order valence-electron chi connectivity index (χ4n) is 2.98. The fraction of sp³-hybridized carbons (Fsp3) is 0.0833. The van der Waals surface area contributed by atoms with Gasteiger partial charge in [-0.25, -0.2) is 4.39 Å². The van der Waals surface area contributed by atoms with Crippen molar-refractivity contribution in [3.05, 3.63) is 105 Å². The van der Waals surface area contributed by atoms with E-state index in [2.05, 4.69) is 21.2 Å². The van der Waals surface area contributed by atoms with Gasteiger partial charge in [0.1, 0.15) is 17.5 Å². The van der Waals surface area contributed by atoms with Crippen molar-refractivity contribution in [2.75, 3.05) is 5.32 Å². The summed E-state index contributed by atoms with van der Waals surface area (Å²) in [4.78, 5) is 12.6. The minimum absolute atomic E-state index is 0.0909. The van der Waals surface area contributed by atoms with Crippen molar-refractivity contribution in [3.63, 3.8) is 0 Å². The van der Waals surface area contributed by atoms with Gasteiger partial charge < -0.3 is 5.32 Å². The van der Waals surface area contributed by atoms with Crippen LogP contribution in [-0.2, 0) is 17.4 Å². The second-order valence-electron chi connectivity index (χ2n) is 6.81. The molecule has 162 valence electrons. The normalized spacial score (nSPS) is 11.7. The van der Waals surface area contributed by atoms with E-state index in [4.69, 9.17) is 0 Å². The molecule has 8 heteroatoms. The number of hydrogen-bond donors (Lipinski definition) is 1. The monoisotopic (exact) mass is 502 g/mol. The van der Waals surface area contributed by atoms with Crippen molar-refractivity contribution < 1.29 is 22.4 Å². The third kappa shape index (κ3) is 5.83. The minimum Gasteiger partial charge on any atom is -0.321 e. The van der Waals surface area contributed by atoms with E-state index in [1.54, 1.807) is 42.5 Å². The smallest absolute Gasteiger partial charge is 0.321 e. The van der Waals surface area contributed by atoms with Crippen LogP contribution in [0.15, 0.2) is 76.8 Å². The molecule has 0 saturated heterocycles. The van der Waals surface area contributed by atoms with Crippen molar-refractivity contribution in [1.82, 2.24) is 0 Å². The molecule has 3 rings (SSSR count). The molecule has 0 aliphatic heterocycles. The molecular formula is C24H15BrF4N2O. The Labute approximate surface area is 190 Å². The van der Waals surface area contributed by atoms with Gasteiger partial charge in [-0.2, -0.15) is 18.4 Å².